The van der Waals surface area contributed by atoms with Crippen LogP contribution in [0.25, 0.3) is 0 Å². The maximum atomic E-state index is 11.8. The molecule has 0 aliphatic rings. The Balaban J connectivity index is 2.70. The molecule has 0 spiro atoms. The molecule has 0 bridgehead atoms. The van der Waals surface area contributed by atoms with E-state index in [0.717, 1.165) is 16.9 Å². The van der Waals surface area contributed by atoms with Gasteiger partial charge in [-0.2, -0.15) is 0 Å². The average molecular weight is 287 g/mol. The van der Waals surface area contributed by atoms with Crippen LogP contribution in [0.2, 0.25) is 0 Å². The van der Waals surface area contributed by atoms with Crippen molar-refractivity contribution in [2.75, 3.05) is 11.1 Å². The Morgan fingerprint density at radius 3 is 2.56 bits per heavy atom. The van der Waals surface area contributed by atoms with Crippen LogP contribution < -0.4 is 5.32 Å². The summed E-state index contributed by atoms with van der Waals surface area (Å²) in [6.45, 7) is 7.88. The van der Waals surface area contributed by atoms with Gasteiger partial charge in [0.1, 0.15) is 4.88 Å². The quantitative estimate of drug-likeness (QED) is 0.892. The van der Waals surface area contributed by atoms with Crippen LogP contribution in [0.3, 0.4) is 0 Å². The zero-order valence-electron chi connectivity index (χ0n) is 10.9. The molecule has 0 aliphatic heterocycles. The number of anilines is 1. The van der Waals surface area contributed by atoms with E-state index in [1.165, 1.54) is 11.8 Å². The predicted molar refractivity (Wildman–Crippen MR) is 76.9 cm³/mol. The van der Waals surface area contributed by atoms with Crippen LogP contribution in [0.5, 0.6) is 0 Å². The van der Waals surface area contributed by atoms with Gasteiger partial charge in [-0.05, 0) is 17.9 Å². The number of aromatic carboxylic acids is 1. The first-order chi connectivity index (χ1) is 8.20. The van der Waals surface area contributed by atoms with Gasteiger partial charge in [-0.3, -0.25) is 4.79 Å². The van der Waals surface area contributed by atoms with Gasteiger partial charge >= 0.3 is 5.97 Å². The van der Waals surface area contributed by atoms with Crippen molar-refractivity contribution in [1.82, 2.24) is 0 Å². The van der Waals surface area contributed by atoms with E-state index >= 15 is 0 Å². The number of carboxylic acids is 1. The first kappa shape index (κ1) is 15.0. The normalized spacial score (nSPS) is 11.3. The Morgan fingerprint density at radius 1 is 1.44 bits per heavy atom. The third-order valence-corrected chi connectivity index (χ3v) is 4.43. The van der Waals surface area contributed by atoms with Crippen molar-refractivity contribution in [3.8, 4) is 0 Å². The van der Waals surface area contributed by atoms with Crippen molar-refractivity contribution < 1.29 is 14.7 Å². The van der Waals surface area contributed by atoms with Crippen LogP contribution in [-0.2, 0) is 4.79 Å². The van der Waals surface area contributed by atoms with Crippen LogP contribution in [-0.4, -0.2) is 27.5 Å². The fraction of sp³-hybridized carbons (Fsp3) is 0.500. The molecule has 1 aromatic heterocycles. The van der Waals surface area contributed by atoms with E-state index in [1.807, 2.05) is 20.8 Å². The number of carboxylic acid groups (broad SMARTS) is 1. The Bertz CT molecular complexity index is 460. The molecule has 0 fully saturated rings. The molecule has 0 saturated heterocycles. The Hall–Kier alpha value is -1.01. The minimum absolute atomic E-state index is 0.0106. The van der Waals surface area contributed by atoms with E-state index in [9.17, 15) is 9.59 Å². The number of aryl methyl sites for hydroxylation is 1. The van der Waals surface area contributed by atoms with E-state index < -0.39 is 5.97 Å². The van der Waals surface area contributed by atoms with Gasteiger partial charge in [0.05, 0.1) is 11.4 Å². The average Bonchev–Trinajstić information content (AvgIpc) is 2.57. The molecule has 1 aromatic rings. The summed E-state index contributed by atoms with van der Waals surface area (Å²) in [7, 11) is 0. The minimum atomic E-state index is -1.01. The zero-order chi connectivity index (χ0) is 13.9. The monoisotopic (exact) mass is 287 g/mol. The number of hydrogen-bond acceptors (Lipinski definition) is 4. The highest BCUT2D eigenvalue weighted by atomic mass is 32.2. The number of amides is 1. The van der Waals surface area contributed by atoms with Gasteiger partial charge in [0.25, 0.3) is 0 Å². The fourth-order valence-corrected chi connectivity index (χ4v) is 2.69. The summed E-state index contributed by atoms with van der Waals surface area (Å²) in [6.07, 6.45) is 0. The third-order valence-electron chi connectivity index (χ3n) is 2.07. The lowest BCUT2D eigenvalue weighted by atomic mass is 10.2. The van der Waals surface area contributed by atoms with Gasteiger partial charge in [-0.1, -0.05) is 20.8 Å². The molecule has 2 N–H and O–H groups in total. The van der Waals surface area contributed by atoms with Crippen LogP contribution in [0.15, 0.2) is 5.38 Å². The molecule has 0 aliphatic carbocycles. The van der Waals surface area contributed by atoms with Crippen molar-refractivity contribution >= 4 is 40.7 Å². The van der Waals surface area contributed by atoms with Crippen LogP contribution in [0, 0.1) is 6.92 Å². The van der Waals surface area contributed by atoms with E-state index in [1.54, 1.807) is 12.3 Å². The number of thiophene rings is 1. The molecule has 6 heteroatoms. The Kier molecular flexibility index (Phi) is 4.81. The van der Waals surface area contributed by atoms with Crippen molar-refractivity contribution in [3.63, 3.8) is 0 Å². The topological polar surface area (TPSA) is 66.4 Å². The lowest BCUT2D eigenvalue weighted by Crippen LogP contribution is -2.20. The van der Waals surface area contributed by atoms with Crippen LogP contribution in [0.4, 0.5) is 5.69 Å². The van der Waals surface area contributed by atoms with Gasteiger partial charge in [0, 0.05) is 4.75 Å². The van der Waals surface area contributed by atoms with Crippen molar-refractivity contribution in [2.45, 2.75) is 32.4 Å². The highest BCUT2D eigenvalue weighted by Gasteiger charge is 2.18. The first-order valence-electron chi connectivity index (χ1n) is 5.46. The Labute approximate surface area is 115 Å². The SMILES string of the molecule is Cc1csc(C(=O)O)c1NC(=O)CSC(C)(C)C. The van der Waals surface area contributed by atoms with Crippen molar-refractivity contribution in [3.05, 3.63) is 15.8 Å². The molecule has 1 heterocycles. The highest BCUT2D eigenvalue weighted by Crippen LogP contribution is 2.28. The van der Waals surface area contributed by atoms with E-state index in [4.69, 9.17) is 5.11 Å². The second kappa shape index (κ2) is 5.75. The number of hydrogen-bond donors (Lipinski definition) is 2. The number of carbonyl (C=O) groups is 2. The highest BCUT2D eigenvalue weighted by molar-refractivity contribution is 8.01. The number of rotatable bonds is 4. The summed E-state index contributed by atoms with van der Waals surface area (Å²) in [5.74, 6) is -0.858. The van der Waals surface area contributed by atoms with Gasteiger partial charge < -0.3 is 10.4 Å². The summed E-state index contributed by atoms with van der Waals surface area (Å²) < 4.78 is 0.0106. The van der Waals surface area contributed by atoms with Crippen molar-refractivity contribution in [2.24, 2.45) is 0 Å². The lowest BCUT2D eigenvalue weighted by molar-refractivity contribution is -0.113. The number of thioether (sulfide) groups is 1. The van der Waals surface area contributed by atoms with Gasteiger partial charge in [-0.25, -0.2) is 4.79 Å². The maximum Gasteiger partial charge on any atom is 0.348 e. The van der Waals surface area contributed by atoms with Crippen LogP contribution >= 0.6 is 23.1 Å². The summed E-state index contributed by atoms with van der Waals surface area (Å²) >= 11 is 2.66. The molecule has 0 saturated carbocycles. The number of nitrogens with one attached hydrogen (secondary N) is 1. The molecule has 18 heavy (non-hydrogen) atoms. The predicted octanol–water partition coefficient (Wildman–Crippen LogP) is 3.22. The van der Waals surface area contributed by atoms with E-state index in [2.05, 4.69) is 5.32 Å². The van der Waals surface area contributed by atoms with Crippen LogP contribution in [0.1, 0.15) is 36.0 Å². The lowest BCUT2D eigenvalue weighted by Gasteiger charge is -2.17. The van der Waals surface area contributed by atoms with Crippen molar-refractivity contribution in [1.29, 1.82) is 0 Å². The van der Waals surface area contributed by atoms with E-state index in [-0.39, 0.29) is 15.5 Å². The molecular formula is C12H17NO3S2. The fourth-order valence-electron chi connectivity index (χ4n) is 1.21. The second-order valence-electron chi connectivity index (χ2n) is 4.88. The Morgan fingerprint density at radius 2 is 2.06 bits per heavy atom. The molecule has 4 nitrogen and oxygen atoms in total. The smallest absolute Gasteiger partial charge is 0.348 e. The summed E-state index contributed by atoms with van der Waals surface area (Å²) in [5.41, 5.74) is 1.21. The summed E-state index contributed by atoms with van der Waals surface area (Å²) in [4.78, 5) is 22.9. The molecule has 100 valence electrons. The summed E-state index contributed by atoms with van der Waals surface area (Å²) in [6, 6.07) is 0. The molecule has 0 atom stereocenters. The summed E-state index contributed by atoms with van der Waals surface area (Å²) in [5, 5.41) is 13.4. The van der Waals surface area contributed by atoms with E-state index in [0.29, 0.717) is 11.4 Å². The molecule has 1 amide bonds. The molecular weight excluding hydrogens is 270 g/mol. The van der Waals surface area contributed by atoms with Gasteiger partial charge in [0.2, 0.25) is 5.91 Å². The molecule has 0 radical (unpaired) electrons. The maximum absolute atomic E-state index is 11.8. The molecule has 1 rings (SSSR count). The van der Waals surface area contributed by atoms with Gasteiger partial charge in [0.15, 0.2) is 0 Å². The first-order valence-corrected chi connectivity index (χ1v) is 7.32. The third kappa shape index (κ3) is 4.34. The largest absolute Gasteiger partial charge is 0.477 e. The minimum Gasteiger partial charge on any atom is -0.477 e. The number of carbonyl (C=O) groups excluding carboxylic acids is 1. The molecule has 0 unspecified atom stereocenters. The second-order valence-corrected chi connectivity index (χ2v) is 7.56. The standard InChI is InChI=1S/C12H17NO3S2/c1-7-5-17-10(11(15)16)9(7)13-8(14)6-18-12(2,3)4/h5H,6H2,1-4H3,(H,13,14)(H,15,16). The molecule has 0 aromatic carbocycles. The zero-order valence-corrected chi connectivity index (χ0v) is 12.5. The van der Waals surface area contributed by atoms with Gasteiger partial charge in [-0.15, -0.1) is 23.1 Å².